The van der Waals surface area contributed by atoms with Crippen LogP contribution in [0, 0.1) is 0 Å². The molecule has 0 unspecified atom stereocenters. The lowest BCUT2D eigenvalue weighted by atomic mass is 10.3. The summed E-state index contributed by atoms with van der Waals surface area (Å²) in [6, 6.07) is 18.6. The first kappa shape index (κ1) is 22.2. The van der Waals surface area contributed by atoms with Crippen molar-refractivity contribution in [1.29, 1.82) is 0 Å². The summed E-state index contributed by atoms with van der Waals surface area (Å²) in [7, 11) is 0. The molecule has 0 aliphatic heterocycles. The summed E-state index contributed by atoms with van der Waals surface area (Å²) in [6.45, 7) is 5.43. The molecular formula is C22H28N2O5. The van der Waals surface area contributed by atoms with Gasteiger partial charge in [-0.1, -0.05) is 36.4 Å². The van der Waals surface area contributed by atoms with Gasteiger partial charge in [-0.15, -0.1) is 0 Å². The fourth-order valence-electron chi connectivity index (χ4n) is 2.68. The minimum Gasteiger partial charge on any atom is -0.449 e. The van der Waals surface area contributed by atoms with Crippen LogP contribution in [0.1, 0.15) is 13.8 Å². The van der Waals surface area contributed by atoms with Crippen molar-refractivity contribution >= 4 is 23.6 Å². The minimum atomic E-state index is -0.417. The molecule has 2 aromatic carbocycles. The van der Waals surface area contributed by atoms with E-state index in [1.807, 2.05) is 60.7 Å². The van der Waals surface area contributed by atoms with Crippen molar-refractivity contribution in [3.8, 4) is 0 Å². The van der Waals surface area contributed by atoms with Crippen molar-refractivity contribution in [1.82, 2.24) is 0 Å². The van der Waals surface area contributed by atoms with E-state index in [2.05, 4.69) is 0 Å². The van der Waals surface area contributed by atoms with Crippen LogP contribution in [0.2, 0.25) is 0 Å². The van der Waals surface area contributed by atoms with Crippen LogP contribution < -0.4 is 9.80 Å². The van der Waals surface area contributed by atoms with Crippen LogP contribution in [0.5, 0.6) is 0 Å². The molecule has 0 fully saturated rings. The maximum absolute atomic E-state index is 12.2. The molecule has 0 aliphatic carbocycles. The second kappa shape index (κ2) is 12.4. The SMILES string of the molecule is CCOC(=O)N(CCOCCN(C(=O)OCC)c1ccccc1)c1ccccc1. The molecular weight excluding hydrogens is 372 g/mol. The van der Waals surface area contributed by atoms with Crippen molar-refractivity contribution in [2.24, 2.45) is 0 Å². The zero-order valence-electron chi connectivity index (χ0n) is 17.0. The van der Waals surface area contributed by atoms with Gasteiger partial charge in [0.2, 0.25) is 0 Å². The van der Waals surface area contributed by atoms with Crippen LogP contribution in [0.3, 0.4) is 0 Å². The Balaban J connectivity index is 1.89. The van der Waals surface area contributed by atoms with E-state index in [-0.39, 0.29) is 0 Å². The third-order valence-corrected chi connectivity index (χ3v) is 4.03. The largest absolute Gasteiger partial charge is 0.449 e. The molecule has 0 aliphatic rings. The highest BCUT2D eigenvalue weighted by Crippen LogP contribution is 2.15. The lowest BCUT2D eigenvalue weighted by molar-refractivity contribution is 0.130. The fourth-order valence-corrected chi connectivity index (χ4v) is 2.68. The molecule has 0 atom stereocenters. The number of rotatable bonds is 10. The number of para-hydroxylation sites is 2. The standard InChI is InChI=1S/C22H28N2O5/c1-3-28-21(25)23(19-11-7-5-8-12-19)15-17-27-18-16-24(22(26)29-4-2)20-13-9-6-10-14-20/h5-14H,3-4,15-18H2,1-2H3. The Bertz CT molecular complexity index is 676. The Morgan fingerprint density at radius 3 is 1.41 bits per heavy atom. The first-order chi connectivity index (χ1) is 14.2. The first-order valence-corrected chi connectivity index (χ1v) is 9.73. The van der Waals surface area contributed by atoms with Crippen LogP contribution in [-0.4, -0.2) is 51.7 Å². The molecule has 2 amide bonds. The van der Waals surface area contributed by atoms with Crippen molar-refractivity contribution in [2.75, 3.05) is 49.3 Å². The molecule has 156 valence electrons. The van der Waals surface area contributed by atoms with Crippen LogP contribution in [0.15, 0.2) is 60.7 Å². The van der Waals surface area contributed by atoms with Gasteiger partial charge in [0.15, 0.2) is 0 Å². The summed E-state index contributed by atoms with van der Waals surface area (Å²) in [5.74, 6) is 0. The number of nitrogens with zero attached hydrogens (tertiary/aromatic N) is 2. The quantitative estimate of drug-likeness (QED) is 0.555. The molecule has 7 heteroatoms. The third-order valence-electron chi connectivity index (χ3n) is 4.03. The third kappa shape index (κ3) is 7.12. The zero-order valence-corrected chi connectivity index (χ0v) is 17.0. The summed E-state index contributed by atoms with van der Waals surface area (Å²) in [5, 5.41) is 0. The molecule has 7 nitrogen and oxygen atoms in total. The van der Waals surface area contributed by atoms with Crippen LogP contribution in [0.4, 0.5) is 21.0 Å². The van der Waals surface area contributed by atoms with E-state index >= 15 is 0 Å². The van der Waals surface area contributed by atoms with Gasteiger partial charge >= 0.3 is 12.2 Å². The van der Waals surface area contributed by atoms with Crippen LogP contribution in [0.25, 0.3) is 0 Å². The van der Waals surface area contributed by atoms with Gasteiger partial charge in [-0.2, -0.15) is 0 Å². The molecule has 0 saturated carbocycles. The summed E-state index contributed by atoms with van der Waals surface area (Å²) < 4.78 is 16.0. The van der Waals surface area contributed by atoms with Crippen molar-refractivity contribution in [3.05, 3.63) is 60.7 Å². The summed E-state index contributed by atoms with van der Waals surface area (Å²) >= 11 is 0. The van der Waals surface area contributed by atoms with Gasteiger partial charge in [0.25, 0.3) is 0 Å². The average Bonchev–Trinajstić information content (AvgIpc) is 2.75. The molecule has 0 spiro atoms. The number of hydrogen-bond acceptors (Lipinski definition) is 5. The van der Waals surface area contributed by atoms with E-state index in [1.54, 1.807) is 13.8 Å². The fraction of sp³-hybridized carbons (Fsp3) is 0.364. The normalized spacial score (nSPS) is 10.3. The lowest BCUT2D eigenvalue weighted by Crippen LogP contribution is -2.36. The molecule has 0 heterocycles. The molecule has 0 bridgehead atoms. The maximum Gasteiger partial charge on any atom is 0.414 e. The molecule has 0 radical (unpaired) electrons. The Morgan fingerprint density at radius 1 is 0.690 bits per heavy atom. The van der Waals surface area contributed by atoms with Gasteiger partial charge in [0, 0.05) is 11.4 Å². The molecule has 0 aromatic heterocycles. The van der Waals surface area contributed by atoms with E-state index in [1.165, 1.54) is 9.80 Å². The molecule has 2 aromatic rings. The summed E-state index contributed by atoms with van der Waals surface area (Å²) in [6.07, 6.45) is -0.834. The van der Waals surface area contributed by atoms with Crippen molar-refractivity contribution in [3.63, 3.8) is 0 Å². The zero-order chi connectivity index (χ0) is 20.9. The predicted molar refractivity (Wildman–Crippen MR) is 112 cm³/mol. The number of amides is 2. The first-order valence-electron chi connectivity index (χ1n) is 9.73. The van der Waals surface area contributed by atoms with Gasteiger partial charge < -0.3 is 14.2 Å². The number of carbonyl (C=O) groups excluding carboxylic acids is 2. The molecule has 29 heavy (non-hydrogen) atoms. The highest BCUT2D eigenvalue weighted by atomic mass is 16.6. The van der Waals surface area contributed by atoms with E-state index in [0.717, 1.165) is 11.4 Å². The number of anilines is 2. The van der Waals surface area contributed by atoms with Gasteiger partial charge in [-0.25, -0.2) is 9.59 Å². The smallest absolute Gasteiger partial charge is 0.414 e. The van der Waals surface area contributed by atoms with Gasteiger partial charge in [0.05, 0.1) is 39.5 Å². The maximum atomic E-state index is 12.2. The lowest BCUT2D eigenvalue weighted by Gasteiger charge is -2.23. The Labute approximate surface area is 171 Å². The van der Waals surface area contributed by atoms with E-state index in [4.69, 9.17) is 14.2 Å². The summed E-state index contributed by atoms with van der Waals surface area (Å²) in [4.78, 5) is 27.5. The van der Waals surface area contributed by atoms with Crippen molar-refractivity contribution in [2.45, 2.75) is 13.8 Å². The average molecular weight is 400 g/mol. The molecule has 0 saturated heterocycles. The predicted octanol–water partition coefficient (Wildman–Crippen LogP) is 4.33. The van der Waals surface area contributed by atoms with E-state index in [9.17, 15) is 9.59 Å². The molecule has 2 rings (SSSR count). The second-order valence-corrected chi connectivity index (χ2v) is 5.98. The topological polar surface area (TPSA) is 68.3 Å². The van der Waals surface area contributed by atoms with Crippen molar-refractivity contribution < 1.29 is 23.8 Å². The highest BCUT2D eigenvalue weighted by molar-refractivity contribution is 5.88. The van der Waals surface area contributed by atoms with Gasteiger partial charge in [0.1, 0.15) is 0 Å². The number of ether oxygens (including phenoxy) is 3. The highest BCUT2D eigenvalue weighted by Gasteiger charge is 2.18. The summed E-state index contributed by atoms with van der Waals surface area (Å²) in [5.41, 5.74) is 1.49. The number of benzene rings is 2. The van der Waals surface area contributed by atoms with Gasteiger partial charge in [-0.05, 0) is 38.1 Å². The van der Waals surface area contributed by atoms with E-state index < -0.39 is 12.2 Å². The van der Waals surface area contributed by atoms with E-state index in [0.29, 0.717) is 39.5 Å². The Hall–Kier alpha value is -3.06. The minimum absolute atomic E-state index is 0.300. The Morgan fingerprint density at radius 2 is 1.07 bits per heavy atom. The monoisotopic (exact) mass is 400 g/mol. The number of hydrogen-bond donors (Lipinski definition) is 0. The van der Waals surface area contributed by atoms with Crippen LogP contribution in [-0.2, 0) is 14.2 Å². The van der Waals surface area contributed by atoms with Crippen LogP contribution >= 0.6 is 0 Å². The Kier molecular flexibility index (Phi) is 9.51. The van der Waals surface area contributed by atoms with Gasteiger partial charge in [-0.3, -0.25) is 9.80 Å². The molecule has 0 N–H and O–H groups in total. The second-order valence-electron chi connectivity index (χ2n) is 5.98. The number of carbonyl (C=O) groups is 2.